The lowest BCUT2D eigenvalue weighted by Crippen LogP contribution is -2.58. The number of ether oxygens (including phenoxy) is 1. The number of nitrogen functional groups attached to an aromatic ring is 1. The second kappa shape index (κ2) is 4.16. The van der Waals surface area contributed by atoms with E-state index in [-0.39, 0.29) is 0 Å². The van der Waals surface area contributed by atoms with E-state index in [0.717, 1.165) is 30.9 Å². The highest BCUT2D eigenvalue weighted by Crippen LogP contribution is 2.22. The number of rotatable bonds is 1. The third-order valence-corrected chi connectivity index (χ3v) is 3.90. The molecule has 2 N–H and O–H groups in total. The monoisotopic (exact) mass is 235 g/mol. The van der Waals surface area contributed by atoms with Crippen molar-refractivity contribution < 1.29 is 9.22 Å². The fraction of sp³-hybridized carbons (Fsp3) is 0.583. The standard InChI is InChI=1S/C12H19N4O/c13-12-2-1-11(9-14-12)15-3-5-16(6-4-15)7-8-17-10-16/h1-2,9H,3-8,10H2,(H2,13,14)/q+1. The highest BCUT2D eigenvalue weighted by molar-refractivity contribution is 5.48. The Labute approximate surface area is 101 Å². The Morgan fingerprint density at radius 2 is 2.06 bits per heavy atom. The quantitative estimate of drug-likeness (QED) is 0.711. The Morgan fingerprint density at radius 3 is 2.65 bits per heavy atom. The molecule has 0 bridgehead atoms. The van der Waals surface area contributed by atoms with Gasteiger partial charge in [0.05, 0.1) is 38.1 Å². The summed E-state index contributed by atoms with van der Waals surface area (Å²) in [5.41, 5.74) is 6.78. The molecule has 5 heteroatoms. The number of quaternary nitrogens is 1. The molecule has 5 nitrogen and oxygen atoms in total. The SMILES string of the molecule is Nc1ccc(N2CC[N+]3(CCOC3)CC2)cn1. The van der Waals surface area contributed by atoms with Crippen LogP contribution in [0.2, 0.25) is 0 Å². The summed E-state index contributed by atoms with van der Waals surface area (Å²) in [7, 11) is 0. The van der Waals surface area contributed by atoms with Crippen molar-refractivity contribution >= 4 is 11.5 Å². The van der Waals surface area contributed by atoms with E-state index in [2.05, 4.69) is 16.0 Å². The van der Waals surface area contributed by atoms with Crippen LogP contribution in [0.3, 0.4) is 0 Å². The van der Waals surface area contributed by atoms with E-state index < -0.39 is 0 Å². The molecule has 0 saturated carbocycles. The van der Waals surface area contributed by atoms with Crippen LogP contribution in [-0.2, 0) is 4.74 Å². The lowest BCUT2D eigenvalue weighted by Gasteiger charge is -2.41. The van der Waals surface area contributed by atoms with Crippen molar-refractivity contribution in [2.24, 2.45) is 0 Å². The van der Waals surface area contributed by atoms with Gasteiger partial charge in [-0.2, -0.15) is 0 Å². The minimum absolute atomic E-state index is 0.585. The number of hydrogen-bond acceptors (Lipinski definition) is 4. The summed E-state index contributed by atoms with van der Waals surface area (Å²) < 4.78 is 6.66. The van der Waals surface area contributed by atoms with Gasteiger partial charge >= 0.3 is 0 Å². The molecule has 3 rings (SSSR count). The molecule has 1 aromatic rings. The number of hydrogen-bond donors (Lipinski definition) is 1. The predicted molar refractivity (Wildman–Crippen MR) is 66.5 cm³/mol. The van der Waals surface area contributed by atoms with Crippen LogP contribution in [-0.4, -0.2) is 55.5 Å². The Bertz CT molecular complexity index is 376. The van der Waals surface area contributed by atoms with Gasteiger partial charge in [-0.15, -0.1) is 0 Å². The summed E-state index contributed by atoms with van der Waals surface area (Å²) in [5.74, 6) is 0.585. The van der Waals surface area contributed by atoms with E-state index >= 15 is 0 Å². The summed E-state index contributed by atoms with van der Waals surface area (Å²) in [6.45, 7) is 7.49. The van der Waals surface area contributed by atoms with Gasteiger partial charge in [-0.25, -0.2) is 4.98 Å². The van der Waals surface area contributed by atoms with Crippen LogP contribution in [0.4, 0.5) is 11.5 Å². The first-order chi connectivity index (χ1) is 8.27. The largest absolute Gasteiger partial charge is 0.384 e. The normalized spacial score (nSPS) is 23.2. The van der Waals surface area contributed by atoms with Crippen molar-refractivity contribution in [3.63, 3.8) is 0 Å². The molecule has 1 spiro atoms. The van der Waals surface area contributed by atoms with Crippen LogP contribution in [0, 0.1) is 0 Å². The molecule has 92 valence electrons. The Morgan fingerprint density at radius 1 is 1.24 bits per heavy atom. The van der Waals surface area contributed by atoms with Gasteiger partial charge in [0.25, 0.3) is 0 Å². The zero-order chi connectivity index (χ0) is 11.7. The van der Waals surface area contributed by atoms with Crippen molar-refractivity contribution in [2.45, 2.75) is 0 Å². The number of anilines is 2. The van der Waals surface area contributed by atoms with Crippen molar-refractivity contribution in [3.8, 4) is 0 Å². The molecule has 2 fully saturated rings. The van der Waals surface area contributed by atoms with Crippen molar-refractivity contribution in [3.05, 3.63) is 18.3 Å². The van der Waals surface area contributed by atoms with E-state index in [1.54, 1.807) is 0 Å². The second-order valence-corrected chi connectivity index (χ2v) is 4.98. The maximum Gasteiger partial charge on any atom is 0.183 e. The molecular weight excluding hydrogens is 216 g/mol. The number of aromatic nitrogens is 1. The molecule has 1 aromatic heterocycles. The first-order valence-corrected chi connectivity index (χ1v) is 6.17. The van der Waals surface area contributed by atoms with E-state index in [4.69, 9.17) is 10.5 Å². The molecule has 2 aliphatic heterocycles. The van der Waals surface area contributed by atoms with Gasteiger partial charge < -0.3 is 15.4 Å². The Hall–Kier alpha value is -1.33. The minimum Gasteiger partial charge on any atom is -0.384 e. The van der Waals surface area contributed by atoms with Crippen molar-refractivity contribution in [2.75, 3.05) is 56.7 Å². The third kappa shape index (κ3) is 2.08. The van der Waals surface area contributed by atoms with E-state index in [9.17, 15) is 0 Å². The fourth-order valence-electron chi connectivity index (χ4n) is 2.67. The van der Waals surface area contributed by atoms with Crippen LogP contribution < -0.4 is 10.6 Å². The first kappa shape index (κ1) is 10.8. The Balaban J connectivity index is 1.66. The lowest BCUT2D eigenvalue weighted by atomic mass is 10.2. The van der Waals surface area contributed by atoms with Crippen molar-refractivity contribution in [1.29, 1.82) is 0 Å². The first-order valence-electron chi connectivity index (χ1n) is 6.17. The summed E-state index contributed by atoms with van der Waals surface area (Å²) >= 11 is 0. The van der Waals surface area contributed by atoms with Crippen LogP contribution in [0.15, 0.2) is 18.3 Å². The molecule has 0 aliphatic carbocycles. The highest BCUT2D eigenvalue weighted by Gasteiger charge is 2.36. The molecule has 17 heavy (non-hydrogen) atoms. The van der Waals surface area contributed by atoms with Gasteiger partial charge in [-0.05, 0) is 12.1 Å². The maximum atomic E-state index is 5.60. The third-order valence-electron chi connectivity index (χ3n) is 3.90. The molecule has 0 atom stereocenters. The van der Waals surface area contributed by atoms with Gasteiger partial charge in [0, 0.05) is 0 Å². The number of nitrogens with two attached hydrogens (primary N) is 1. The average molecular weight is 235 g/mol. The molecule has 3 heterocycles. The van der Waals surface area contributed by atoms with Crippen LogP contribution in [0.25, 0.3) is 0 Å². The number of piperazine rings is 1. The average Bonchev–Trinajstić information content (AvgIpc) is 2.80. The minimum atomic E-state index is 0.585. The molecular formula is C12H19N4O+. The number of nitrogens with zero attached hydrogens (tertiary/aromatic N) is 3. The van der Waals surface area contributed by atoms with Gasteiger partial charge in [-0.3, -0.25) is 4.48 Å². The summed E-state index contributed by atoms with van der Waals surface area (Å²) in [6, 6.07) is 3.92. The summed E-state index contributed by atoms with van der Waals surface area (Å²) in [6.07, 6.45) is 1.87. The topological polar surface area (TPSA) is 51.4 Å². The van der Waals surface area contributed by atoms with Gasteiger partial charge in [-0.1, -0.05) is 0 Å². The van der Waals surface area contributed by atoms with E-state index in [1.165, 1.54) is 25.3 Å². The maximum absolute atomic E-state index is 5.60. The van der Waals surface area contributed by atoms with Gasteiger partial charge in [0.2, 0.25) is 0 Å². The molecule has 2 aliphatic rings. The van der Waals surface area contributed by atoms with Gasteiger partial charge in [0.1, 0.15) is 19.0 Å². The highest BCUT2D eigenvalue weighted by atomic mass is 16.5. The van der Waals surface area contributed by atoms with Crippen LogP contribution in [0.5, 0.6) is 0 Å². The lowest BCUT2D eigenvalue weighted by molar-refractivity contribution is -0.925. The van der Waals surface area contributed by atoms with Crippen LogP contribution in [0.1, 0.15) is 0 Å². The molecule has 0 unspecified atom stereocenters. The van der Waals surface area contributed by atoms with E-state index in [0.29, 0.717) is 5.82 Å². The van der Waals surface area contributed by atoms with Crippen molar-refractivity contribution in [1.82, 2.24) is 4.98 Å². The zero-order valence-electron chi connectivity index (χ0n) is 10.0. The second-order valence-electron chi connectivity index (χ2n) is 4.98. The molecule has 0 radical (unpaired) electrons. The predicted octanol–water partition coefficient (Wildman–Crippen LogP) is 0.288. The molecule has 2 saturated heterocycles. The molecule has 0 aromatic carbocycles. The van der Waals surface area contributed by atoms with Crippen LogP contribution >= 0.6 is 0 Å². The fourth-order valence-corrected chi connectivity index (χ4v) is 2.67. The van der Waals surface area contributed by atoms with E-state index in [1.807, 2.05) is 12.3 Å². The molecule has 0 amide bonds. The zero-order valence-corrected chi connectivity index (χ0v) is 10.0. The van der Waals surface area contributed by atoms with Gasteiger partial charge in [0.15, 0.2) is 6.73 Å². The summed E-state index contributed by atoms with van der Waals surface area (Å²) in [4.78, 5) is 6.53. The smallest absolute Gasteiger partial charge is 0.183 e. The number of pyridine rings is 1. The Kier molecular flexibility index (Phi) is 2.64. The summed E-state index contributed by atoms with van der Waals surface area (Å²) in [5, 5.41) is 0.